The van der Waals surface area contributed by atoms with Crippen molar-refractivity contribution >= 4 is 12.1 Å². The van der Waals surface area contributed by atoms with Gasteiger partial charge in [-0.1, -0.05) is 32.8 Å². The second-order valence-corrected chi connectivity index (χ2v) is 4.04. The molecule has 0 radical (unpaired) electrons. The van der Waals surface area contributed by atoms with E-state index < -0.39 is 12.1 Å². The monoisotopic (exact) mass is 257 g/mol. The number of alkyl carbamates (subject to hydrolysis) is 1. The van der Waals surface area contributed by atoms with E-state index in [0.717, 1.165) is 12.8 Å². The zero-order chi connectivity index (χ0) is 13.8. The second kappa shape index (κ2) is 10.6. The van der Waals surface area contributed by atoms with Crippen LogP contribution >= 0.6 is 0 Å². The first-order valence-corrected chi connectivity index (χ1v) is 6.31. The van der Waals surface area contributed by atoms with Crippen LogP contribution in [0.1, 0.15) is 39.5 Å². The molecule has 0 aromatic rings. The van der Waals surface area contributed by atoms with Gasteiger partial charge in [-0.05, 0) is 13.3 Å². The molecule has 0 atom stereocenters. The largest absolute Gasteiger partial charge is 0.459 e. The molecule has 104 valence electrons. The van der Waals surface area contributed by atoms with Gasteiger partial charge < -0.3 is 14.8 Å². The minimum atomic E-state index is -0.474. The Morgan fingerprint density at radius 3 is 2.39 bits per heavy atom. The molecule has 0 unspecified atom stereocenters. The summed E-state index contributed by atoms with van der Waals surface area (Å²) in [7, 11) is 0. The minimum absolute atomic E-state index is 0.0505. The van der Waals surface area contributed by atoms with Crippen LogP contribution in [0, 0.1) is 0 Å². The van der Waals surface area contributed by atoms with Crippen molar-refractivity contribution in [1.82, 2.24) is 5.32 Å². The SMILES string of the molecule is C=C(C)C(=O)OCCOC(=O)NCCCCCC. The Hall–Kier alpha value is -1.52. The first-order chi connectivity index (χ1) is 8.57. The molecule has 18 heavy (non-hydrogen) atoms. The van der Waals surface area contributed by atoms with Gasteiger partial charge in [-0.3, -0.25) is 0 Å². The fraction of sp³-hybridized carbons (Fsp3) is 0.692. The second-order valence-electron chi connectivity index (χ2n) is 4.04. The number of esters is 1. The number of unbranched alkanes of at least 4 members (excludes halogenated alkanes) is 3. The lowest BCUT2D eigenvalue weighted by Crippen LogP contribution is -2.26. The lowest BCUT2D eigenvalue weighted by Gasteiger charge is -2.07. The van der Waals surface area contributed by atoms with Gasteiger partial charge in [0, 0.05) is 12.1 Å². The molecule has 0 saturated heterocycles. The highest BCUT2D eigenvalue weighted by atomic mass is 16.6. The maximum atomic E-state index is 11.2. The molecule has 0 saturated carbocycles. The summed E-state index contributed by atoms with van der Waals surface area (Å²) in [4.78, 5) is 22.1. The molecule has 0 aliphatic heterocycles. The van der Waals surface area contributed by atoms with E-state index in [1.54, 1.807) is 6.92 Å². The minimum Gasteiger partial charge on any atom is -0.459 e. The summed E-state index contributed by atoms with van der Waals surface area (Å²) in [6, 6.07) is 0. The van der Waals surface area contributed by atoms with Crippen molar-refractivity contribution in [1.29, 1.82) is 0 Å². The molecule has 1 N–H and O–H groups in total. The summed E-state index contributed by atoms with van der Waals surface area (Å²) in [6.07, 6.45) is 3.92. The van der Waals surface area contributed by atoms with Crippen molar-refractivity contribution in [2.24, 2.45) is 0 Å². The molecule has 0 aromatic heterocycles. The van der Waals surface area contributed by atoms with E-state index in [1.807, 2.05) is 0 Å². The number of ether oxygens (including phenoxy) is 2. The lowest BCUT2D eigenvalue weighted by atomic mass is 10.2. The summed E-state index contributed by atoms with van der Waals surface area (Å²) >= 11 is 0. The number of nitrogens with one attached hydrogen (secondary N) is 1. The molecule has 1 amide bonds. The van der Waals surface area contributed by atoms with E-state index in [9.17, 15) is 9.59 Å². The molecule has 0 spiro atoms. The van der Waals surface area contributed by atoms with Crippen LogP contribution in [0.15, 0.2) is 12.2 Å². The average Bonchev–Trinajstić information content (AvgIpc) is 2.34. The van der Waals surface area contributed by atoms with Gasteiger partial charge in [-0.25, -0.2) is 9.59 Å². The molecule has 5 nitrogen and oxygen atoms in total. The van der Waals surface area contributed by atoms with Crippen molar-refractivity contribution < 1.29 is 19.1 Å². The van der Waals surface area contributed by atoms with Crippen LogP contribution in [0.5, 0.6) is 0 Å². The number of amides is 1. The van der Waals surface area contributed by atoms with Crippen molar-refractivity contribution in [2.45, 2.75) is 39.5 Å². The molecular formula is C13H23NO4. The van der Waals surface area contributed by atoms with E-state index in [0.29, 0.717) is 12.1 Å². The third-order valence-electron chi connectivity index (χ3n) is 2.20. The van der Waals surface area contributed by atoms with Crippen molar-refractivity contribution in [2.75, 3.05) is 19.8 Å². The molecule has 0 aliphatic carbocycles. The topological polar surface area (TPSA) is 64.6 Å². The fourth-order valence-electron chi connectivity index (χ4n) is 1.19. The summed E-state index contributed by atoms with van der Waals surface area (Å²) in [6.45, 7) is 7.86. The van der Waals surface area contributed by atoms with E-state index in [1.165, 1.54) is 12.8 Å². The summed E-state index contributed by atoms with van der Waals surface area (Å²) < 4.78 is 9.59. The van der Waals surface area contributed by atoms with E-state index in [2.05, 4.69) is 18.8 Å². The third-order valence-corrected chi connectivity index (χ3v) is 2.20. The first-order valence-electron chi connectivity index (χ1n) is 6.31. The number of carbonyl (C=O) groups excluding carboxylic acids is 2. The summed E-state index contributed by atoms with van der Waals surface area (Å²) in [5.41, 5.74) is 0.329. The van der Waals surface area contributed by atoms with Crippen LogP contribution in [0.4, 0.5) is 4.79 Å². The molecule has 0 aliphatic rings. The zero-order valence-corrected chi connectivity index (χ0v) is 11.3. The Balaban J connectivity index is 3.37. The molecular weight excluding hydrogens is 234 g/mol. The van der Waals surface area contributed by atoms with Crippen LogP contribution in [0.25, 0.3) is 0 Å². The highest BCUT2D eigenvalue weighted by Crippen LogP contribution is 1.97. The highest BCUT2D eigenvalue weighted by Gasteiger charge is 2.04. The van der Waals surface area contributed by atoms with Gasteiger partial charge in [0.05, 0.1) is 0 Å². The van der Waals surface area contributed by atoms with Gasteiger partial charge in [0.25, 0.3) is 0 Å². The van der Waals surface area contributed by atoms with Gasteiger partial charge in [0.2, 0.25) is 0 Å². The predicted octanol–water partition coefficient (Wildman–Crippen LogP) is 2.41. The van der Waals surface area contributed by atoms with Gasteiger partial charge in [0.1, 0.15) is 13.2 Å². The van der Waals surface area contributed by atoms with Gasteiger partial charge in [-0.15, -0.1) is 0 Å². The van der Waals surface area contributed by atoms with E-state index in [-0.39, 0.29) is 13.2 Å². The number of rotatable bonds is 9. The fourth-order valence-corrected chi connectivity index (χ4v) is 1.19. The maximum absolute atomic E-state index is 11.2. The zero-order valence-electron chi connectivity index (χ0n) is 11.3. The standard InChI is InChI=1S/C13H23NO4/c1-4-5-6-7-8-14-13(16)18-10-9-17-12(15)11(2)3/h2,4-10H2,1,3H3,(H,14,16). The molecule has 5 heteroatoms. The Bertz CT molecular complexity index is 276. The normalized spacial score (nSPS) is 9.67. The van der Waals surface area contributed by atoms with Crippen LogP contribution in [-0.4, -0.2) is 31.8 Å². The van der Waals surface area contributed by atoms with Crippen LogP contribution < -0.4 is 5.32 Å². The number of hydrogen-bond donors (Lipinski definition) is 1. The Kier molecular flexibility index (Phi) is 9.73. The van der Waals surface area contributed by atoms with Gasteiger partial charge in [-0.2, -0.15) is 0 Å². The van der Waals surface area contributed by atoms with Gasteiger partial charge >= 0.3 is 12.1 Å². The van der Waals surface area contributed by atoms with Crippen molar-refractivity contribution in [3.8, 4) is 0 Å². The average molecular weight is 257 g/mol. The predicted molar refractivity (Wildman–Crippen MR) is 69.3 cm³/mol. The number of carbonyl (C=O) groups is 2. The molecule has 0 rings (SSSR count). The molecule has 0 aromatic carbocycles. The van der Waals surface area contributed by atoms with Crippen LogP contribution in [0.2, 0.25) is 0 Å². The quantitative estimate of drug-likeness (QED) is 0.391. The first kappa shape index (κ1) is 16.5. The van der Waals surface area contributed by atoms with Gasteiger partial charge in [0.15, 0.2) is 0 Å². The van der Waals surface area contributed by atoms with Crippen molar-refractivity contribution in [3.63, 3.8) is 0 Å². The highest BCUT2D eigenvalue weighted by molar-refractivity contribution is 5.86. The van der Waals surface area contributed by atoms with Crippen LogP contribution in [-0.2, 0) is 14.3 Å². The number of hydrogen-bond acceptors (Lipinski definition) is 4. The van der Waals surface area contributed by atoms with E-state index in [4.69, 9.17) is 9.47 Å². The van der Waals surface area contributed by atoms with Crippen LogP contribution in [0.3, 0.4) is 0 Å². The Morgan fingerprint density at radius 2 is 1.78 bits per heavy atom. The summed E-state index contributed by atoms with van der Waals surface area (Å²) in [5.74, 6) is -0.474. The van der Waals surface area contributed by atoms with E-state index >= 15 is 0 Å². The lowest BCUT2D eigenvalue weighted by molar-refractivity contribution is -0.139. The Morgan fingerprint density at radius 1 is 1.11 bits per heavy atom. The van der Waals surface area contributed by atoms with Crippen molar-refractivity contribution in [3.05, 3.63) is 12.2 Å². The molecule has 0 heterocycles. The summed E-state index contributed by atoms with van der Waals surface area (Å²) in [5, 5.41) is 2.63. The Labute approximate surface area is 109 Å². The third kappa shape index (κ3) is 9.69. The smallest absolute Gasteiger partial charge is 0.407 e. The maximum Gasteiger partial charge on any atom is 0.407 e. The molecule has 0 bridgehead atoms. The molecule has 0 fully saturated rings.